The molecule has 9 heteroatoms. The van der Waals surface area contributed by atoms with Gasteiger partial charge < -0.3 is 15.4 Å². The van der Waals surface area contributed by atoms with Crippen LogP contribution in [0.5, 0.6) is 5.75 Å². The first-order valence-electron chi connectivity index (χ1n) is 8.76. The summed E-state index contributed by atoms with van der Waals surface area (Å²) >= 11 is 7.39. The number of halogens is 1. The maximum Gasteiger partial charge on any atom is 0.224 e. The molecule has 1 aliphatic heterocycles. The van der Waals surface area contributed by atoms with Crippen LogP contribution in [0, 0.1) is 6.92 Å². The van der Waals surface area contributed by atoms with Crippen LogP contribution in [0.4, 0.5) is 10.9 Å². The fourth-order valence-corrected chi connectivity index (χ4v) is 4.07. The maximum absolute atomic E-state index is 11.5. The number of hydrogen-bond acceptors (Lipinski definition) is 7. The largest absolute Gasteiger partial charge is 0.493 e. The van der Waals surface area contributed by atoms with Gasteiger partial charge in [-0.15, -0.1) is 11.3 Å². The van der Waals surface area contributed by atoms with Crippen molar-refractivity contribution in [2.24, 2.45) is 0 Å². The van der Waals surface area contributed by atoms with Gasteiger partial charge in [-0.2, -0.15) is 0 Å². The third-order valence-corrected chi connectivity index (χ3v) is 5.22. The zero-order valence-corrected chi connectivity index (χ0v) is 16.9. The smallest absolute Gasteiger partial charge is 0.224 e. The zero-order valence-electron chi connectivity index (χ0n) is 15.3. The normalized spacial score (nSPS) is 15.5. The number of thiazole rings is 1. The molecule has 1 aromatic carbocycles. The highest BCUT2D eigenvalue weighted by Gasteiger charge is 2.23. The van der Waals surface area contributed by atoms with Crippen LogP contribution in [0.2, 0.25) is 5.28 Å². The summed E-state index contributed by atoms with van der Waals surface area (Å²) in [6.07, 6.45) is 0.744. The highest BCUT2D eigenvalue weighted by Crippen LogP contribution is 2.36. The number of fused-ring (bicyclic) bond motifs is 1. The van der Waals surface area contributed by atoms with Gasteiger partial charge in [0.1, 0.15) is 11.6 Å². The molecule has 0 spiro atoms. The van der Waals surface area contributed by atoms with E-state index in [1.807, 2.05) is 30.5 Å². The number of aromatic nitrogens is 3. The molecule has 0 saturated heterocycles. The minimum absolute atomic E-state index is 0.0523. The Morgan fingerprint density at radius 3 is 2.93 bits per heavy atom. The highest BCUT2D eigenvalue weighted by molar-refractivity contribution is 7.14. The van der Waals surface area contributed by atoms with Gasteiger partial charge in [0.05, 0.1) is 18.3 Å². The lowest BCUT2D eigenvalue weighted by Crippen LogP contribution is -2.30. The van der Waals surface area contributed by atoms with E-state index in [-0.39, 0.29) is 17.2 Å². The second-order valence-electron chi connectivity index (χ2n) is 6.47. The Hall–Kier alpha value is -2.71. The molecule has 0 fully saturated rings. The quantitative estimate of drug-likeness (QED) is 0.619. The summed E-state index contributed by atoms with van der Waals surface area (Å²) in [6, 6.07) is 7.68. The molecule has 2 N–H and O–H groups in total. The fourth-order valence-electron chi connectivity index (χ4n) is 3.12. The summed E-state index contributed by atoms with van der Waals surface area (Å²) in [5.74, 6) is 1.35. The Morgan fingerprint density at radius 2 is 2.14 bits per heavy atom. The number of carbonyl (C=O) groups is 1. The minimum atomic E-state index is -0.0535. The molecule has 1 atom stereocenters. The molecule has 3 heterocycles. The number of nitrogens with one attached hydrogen (secondary N) is 2. The van der Waals surface area contributed by atoms with E-state index >= 15 is 0 Å². The summed E-state index contributed by atoms with van der Waals surface area (Å²) in [4.78, 5) is 24.4. The molecule has 1 unspecified atom stereocenters. The number of rotatable bonds is 4. The first-order chi connectivity index (χ1) is 13.5. The van der Waals surface area contributed by atoms with Crippen LogP contribution in [0.15, 0.2) is 29.6 Å². The fraction of sp³-hybridized carbons (Fsp3) is 0.263. The molecule has 0 aliphatic carbocycles. The predicted octanol–water partition coefficient (Wildman–Crippen LogP) is 4.27. The summed E-state index contributed by atoms with van der Waals surface area (Å²) in [7, 11) is 0. The third-order valence-electron chi connectivity index (χ3n) is 4.29. The number of ether oxygens (including phenoxy) is 1. The van der Waals surface area contributed by atoms with Gasteiger partial charge in [0, 0.05) is 41.6 Å². The van der Waals surface area contributed by atoms with E-state index in [0.29, 0.717) is 17.6 Å². The van der Waals surface area contributed by atoms with Crippen molar-refractivity contribution < 1.29 is 9.53 Å². The first-order valence-corrected chi connectivity index (χ1v) is 10.0. The van der Waals surface area contributed by atoms with Crippen molar-refractivity contribution in [3.05, 3.63) is 46.2 Å². The van der Waals surface area contributed by atoms with E-state index < -0.39 is 0 Å². The Balaban J connectivity index is 1.59. The number of anilines is 2. The molecule has 0 radical (unpaired) electrons. The standard InChI is InChI=1S/C19H18ClN5O2S/c1-10-7-17(24-18(20)21-10)25-19-23-15(9-28-19)12-3-4-16-13(8-12)14(5-6-27-16)22-11(2)26/h3-4,7-9,14H,5-6H2,1-2H3,(H,22,26)(H,21,23,24,25). The Morgan fingerprint density at radius 1 is 1.29 bits per heavy atom. The van der Waals surface area contributed by atoms with Crippen LogP contribution in [0.3, 0.4) is 0 Å². The average molecular weight is 416 g/mol. The van der Waals surface area contributed by atoms with Crippen molar-refractivity contribution in [3.8, 4) is 17.0 Å². The van der Waals surface area contributed by atoms with Gasteiger partial charge in [0.2, 0.25) is 11.2 Å². The van der Waals surface area contributed by atoms with Gasteiger partial charge in [-0.3, -0.25) is 4.79 Å². The van der Waals surface area contributed by atoms with E-state index in [2.05, 4.69) is 25.6 Å². The van der Waals surface area contributed by atoms with Crippen molar-refractivity contribution in [2.45, 2.75) is 26.3 Å². The second kappa shape index (κ2) is 7.73. The Kier molecular flexibility index (Phi) is 5.15. The molecule has 0 bridgehead atoms. The summed E-state index contributed by atoms with van der Waals surface area (Å²) in [6.45, 7) is 3.97. The zero-order chi connectivity index (χ0) is 19.7. The molecule has 2 aromatic heterocycles. The molecule has 28 heavy (non-hydrogen) atoms. The number of amides is 1. The topological polar surface area (TPSA) is 89.0 Å². The van der Waals surface area contributed by atoms with Crippen LogP contribution < -0.4 is 15.4 Å². The molecular formula is C19H18ClN5O2S. The van der Waals surface area contributed by atoms with E-state index in [4.69, 9.17) is 16.3 Å². The number of carbonyl (C=O) groups excluding carboxylic acids is 1. The lowest BCUT2D eigenvalue weighted by molar-refractivity contribution is -0.119. The average Bonchev–Trinajstić information content (AvgIpc) is 3.09. The van der Waals surface area contributed by atoms with E-state index in [1.54, 1.807) is 6.07 Å². The van der Waals surface area contributed by atoms with Crippen LogP contribution in [0.25, 0.3) is 11.3 Å². The lowest BCUT2D eigenvalue weighted by atomic mass is 9.97. The summed E-state index contributed by atoms with van der Waals surface area (Å²) in [5, 5.41) is 9.02. The van der Waals surface area contributed by atoms with Crippen molar-refractivity contribution >= 4 is 39.8 Å². The SMILES string of the molecule is CC(=O)NC1CCOc2ccc(-c3csc(Nc4cc(C)nc(Cl)n4)n3)cc21. The van der Waals surface area contributed by atoms with E-state index in [0.717, 1.165) is 34.7 Å². The Bertz CT molecular complexity index is 1020. The number of nitrogens with zero attached hydrogens (tertiary/aromatic N) is 3. The van der Waals surface area contributed by atoms with Gasteiger partial charge in [0.15, 0.2) is 5.13 Å². The summed E-state index contributed by atoms with van der Waals surface area (Å²) < 4.78 is 5.72. The molecule has 144 valence electrons. The molecule has 1 aliphatic rings. The van der Waals surface area contributed by atoms with Gasteiger partial charge in [-0.05, 0) is 36.7 Å². The van der Waals surface area contributed by atoms with Crippen molar-refractivity contribution in [3.63, 3.8) is 0 Å². The van der Waals surface area contributed by atoms with Crippen molar-refractivity contribution in [1.29, 1.82) is 0 Å². The predicted molar refractivity (Wildman–Crippen MR) is 109 cm³/mol. The van der Waals surface area contributed by atoms with Crippen molar-refractivity contribution in [2.75, 3.05) is 11.9 Å². The van der Waals surface area contributed by atoms with Crippen LogP contribution in [0.1, 0.15) is 30.6 Å². The number of hydrogen-bond donors (Lipinski definition) is 2. The van der Waals surface area contributed by atoms with E-state index in [9.17, 15) is 4.79 Å². The molecular weight excluding hydrogens is 398 g/mol. The molecule has 0 saturated carbocycles. The van der Waals surface area contributed by atoms with Gasteiger partial charge >= 0.3 is 0 Å². The minimum Gasteiger partial charge on any atom is -0.493 e. The third kappa shape index (κ3) is 4.07. The van der Waals surface area contributed by atoms with Gasteiger partial charge in [-0.1, -0.05) is 0 Å². The monoisotopic (exact) mass is 415 g/mol. The highest BCUT2D eigenvalue weighted by atomic mass is 35.5. The van der Waals surface area contributed by atoms with Crippen LogP contribution in [-0.4, -0.2) is 27.5 Å². The first kappa shape index (κ1) is 18.6. The van der Waals surface area contributed by atoms with Crippen LogP contribution in [-0.2, 0) is 4.79 Å². The van der Waals surface area contributed by atoms with Gasteiger partial charge in [-0.25, -0.2) is 15.0 Å². The number of aryl methyl sites for hydroxylation is 1. The van der Waals surface area contributed by atoms with Gasteiger partial charge in [0.25, 0.3) is 0 Å². The van der Waals surface area contributed by atoms with E-state index in [1.165, 1.54) is 18.3 Å². The maximum atomic E-state index is 11.5. The lowest BCUT2D eigenvalue weighted by Gasteiger charge is -2.26. The molecule has 7 nitrogen and oxygen atoms in total. The Labute approximate surface area is 171 Å². The molecule has 4 rings (SSSR count). The summed E-state index contributed by atoms with van der Waals surface area (Å²) in [5.41, 5.74) is 3.54. The van der Waals surface area contributed by atoms with Crippen LogP contribution >= 0.6 is 22.9 Å². The number of benzene rings is 1. The van der Waals surface area contributed by atoms with Crippen molar-refractivity contribution in [1.82, 2.24) is 20.3 Å². The molecule has 3 aromatic rings. The second-order valence-corrected chi connectivity index (χ2v) is 7.67. The molecule has 1 amide bonds.